The molecule has 0 saturated carbocycles. The van der Waals surface area contributed by atoms with Crippen LogP contribution < -0.4 is 4.74 Å². The molecular formula is C16H17Cl2NO2. The summed E-state index contributed by atoms with van der Waals surface area (Å²) < 4.78 is 5.73. The first-order valence-corrected chi connectivity index (χ1v) is 7.30. The first-order chi connectivity index (χ1) is 9.79. The van der Waals surface area contributed by atoms with E-state index in [1.54, 1.807) is 24.3 Å². The maximum absolute atomic E-state index is 9.38. The Kier molecular flexibility index (Phi) is 4.77. The summed E-state index contributed by atoms with van der Waals surface area (Å²) in [6.07, 6.45) is 0. The van der Waals surface area contributed by atoms with Crippen molar-refractivity contribution >= 4 is 23.2 Å². The summed E-state index contributed by atoms with van der Waals surface area (Å²) in [6, 6.07) is 8.56. The number of ether oxygens (including phenoxy) is 1. The molecule has 0 aliphatic carbocycles. The molecule has 1 N–H and O–H groups in total. The molecule has 0 saturated heterocycles. The van der Waals surface area contributed by atoms with Gasteiger partial charge >= 0.3 is 0 Å². The van der Waals surface area contributed by atoms with Crippen molar-refractivity contribution in [2.45, 2.75) is 32.8 Å². The number of benzene rings is 1. The van der Waals surface area contributed by atoms with Gasteiger partial charge in [-0.3, -0.25) is 0 Å². The fourth-order valence-corrected chi connectivity index (χ4v) is 2.20. The van der Waals surface area contributed by atoms with Crippen molar-refractivity contribution in [2.75, 3.05) is 0 Å². The Balaban J connectivity index is 2.39. The van der Waals surface area contributed by atoms with Gasteiger partial charge in [0.2, 0.25) is 5.88 Å². The van der Waals surface area contributed by atoms with Crippen LogP contribution in [0.2, 0.25) is 10.0 Å². The predicted octanol–water partition coefficient (Wildman–Crippen LogP) is 4.97. The number of rotatable bonds is 3. The Hall–Kier alpha value is -1.29. The molecule has 3 nitrogen and oxygen atoms in total. The fourth-order valence-electron chi connectivity index (χ4n) is 1.76. The molecule has 5 heteroatoms. The van der Waals surface area contributed by atoms with Crippen LogP contribution in [0.1, 0.15) is 32.0 Å². The van der Waals surface area contributed by atoms with Gasteiger partial charge in [-0.1, -0.05) is 44.0 Å². The van der Waals surface area contributed by atoms with E-state index in [1.807, 2.05) is 6.07 Å². The van der Waals surface area contributed by atoms with Crippen LogP contribution in [0, 0.1) is 0 Å². The number of hydrogen-bond acceptors (Lipinski definition) is 3. The Bertz CT molecular complexity index is 651. The van der Waals surface area contributed by atoms with Crippen molar-refractivity contribution in [3.8, 4) is 11.6 Å². The lowest BCUT2D eigenvalue weighted by atomic mass is 9.91. The molecule has 0 fully saturated rings. The van der Waals surface area contributed by atoms with E-state index < -0.39 is 0 Å². The molecule has 1 heterocycles. The molecule has 0 spiro atoms. The SMILES string of the molecule is CC(C)(C)c1cc(CO)cc(Oc2ccc(Cl)cc2Cl)n1. The Morgan fingerprint density at radius 1 is 1.14 bits per heavy atom. The zero-order valence-electron chi connectivity index (χ0n) is 12.2. The third-order valence-corrected chi connectivity index (χ3v) is 3.45. The molecular weight excluding hydrogens is 309 g/mol. The minimum Gasteiger partial charge on any atom is -0.437 e. The van der Waals surface area contributed by atoms with Crippen LogP contribution in [-0.4, -0.2) is 10.1 Å². The number of aliphatic hydroxyl groups excluding tert-OH is 1. The molecule has 0 amide bonds. The van der Waals surface area contributed by atoms with E-state index >= 15 is 0 Å². The van der Waals surface area contributed by atoms with E-state index in [4.69, 9.17) is 27.9 Å². The highest BCUT2D eigenvalue weighted by Gasteiger charge is 2.18. The summed E-state index contributed by atoms with van der Waals surface area (Å²) in [5.74, 6) is 0.874. The van der Waals surface area contributed by atoms with Crippen LogP contribution in [0.3, 0.4) is 0 Å². The van der Waals surface area contributed by atoms with Gasteiger partial charge in [0.05, 0.1) is 17.3 Å². The number of halogens is 2. The van der Waals surface area contributed by atoms with Gasteiger partial charge in [-0.15, -0.1) is 0 Å². The highest BCUT2D eigenvalue weighted by molar-refractivity contribution is 6.35. The van der Waals surface area contributed by atoms with Crippen LogP contribution >= 0.6 is 23.2 Å². The number of aliphatic hydroxyl groups is 1. The first-order valence-electron chi connectivity index (χ1n) is 6.55. The third kappa shape index (κ3) is 4.10. The molecule has 0 radical (unpaired) electrons. The highest BCUT2D eigenvalue weighted by atomic mass is 35.5. The van der Waals surface area contributed by atoms with Gasteiger partial charge < -0.3 is 9.84 Å². The highest BCUT2D eigenvalue weighted by Crippen LogP contribution is 2.32. The van der Waals surface area contributed by atoms with Gasteiger partial charge in [0.15, 0.2) is 0 Å². The molecule has 0 aliphatic heterocycles. The van der Waals surface area contributed by atoms with Gasteiger partial charge in [-0.25, -0.2) is 4.98 Å². The van der Waals surface area contributed by atoms with Gasteiger partial charge in [-0.2, -0.15) is 0 Å². The smallest absolute Gasteiger partial charge is 0.219 e. The van der Waals surface area contributed by atoms with Gasteiger partial charge in [0, 0.05) is 16.5 Å². The molecule has 0 atom stereocenters. The van der Waals surface area contributed by atoms with Crippen molar-refractivity contribution in [1.29, 1.82) is 0 Å². The molecule has 1 aromatic heterocycles. The summed E-state index contributed by atoms with van der Waals surface area (Å²) in [6.45, 7) is 6.08. The molecule has 1 aromatic carbocycles. The minimum absolute atomic E-state index is 0.0731. The molecule has 0 aliphatic rings. The number of nitrogens with zero attached hydrogens (tertiary/aromatic N) is 1. The van der Waals surface area contributed by atoms with E-state index in [1.165, 1.54) is 0 Å². The molecule has 2 aromatic rings. The summed E-state index contributed by atoms with van der Waals surface area (Å²) in [5.41, 5.74) is 1.44. The summed E-state index contributed by atoms with van der Waals surface area (Å²) >= 11 is 12.0. The van der Waals surface area contributed by atoms with Crippen molar-refractivity contribution < 1.29 is 9.84 Å². The van der Waals surface area contributed by atoms with E-state index in [0.29, 0.717) is 21.7 Å². The first kappa shape index (κ1) is 16.1. The van der Waals surface area contributed by atoms with Gasteiger partial charge in [0.25, 0.3) is 0 Å². The van der Waals surface area contributed by atoms with Crippen LogP contribution in [0.15, 0.2) is 30.3 Å². The normalized spacial score (nSPS) is 11.5. The number of aromatic nitrogens is 1. The van der Waals surface area contributed by atoms with Crippen molar-refractivity contribution in [1.82, 2.24) is 4.98 Å². The molecule has 0 unspecified atom stereocenters. The summed E-state index contributed by atoms with van der Waals surface area (Å²) in [4.78, 5) is 4.49. The predicted molar refractivity (Wildman–Crippen MR) is 85.4 cm³/mol. The summed E-state index contributed by atoms with van der Waals surface area (Å²) in [5, 5.41) is 10.3. The monoisotopic (exact) mass is 325 g/mol. The van der Waals surface area contributed by atoms with Crippen molar-refractivity contribution in [3.63, 3.8) is 0 Å². The average molecular weight is 326 g/mol. The lowest BCUT2D eigenvalue weighted by Crippen LogP contribution is -2.14. The quantitative estimate of drug-likeness (QED) is 0.866. The van der Waals surface area contributed by atoms with E-state index in [9.17, 15) is 5.11 Å². The largest absolute Gasteiger partial charge is 0.437 e. The number of pyridine rings is 1. The zero-order valence-corrected chi connectivity index (χ0v) is 13.7. The minimum atomic E-state index is -0.146. The second-order valence-electron chi connectivity index (χ2n) is 5.78. The Labute approximate surface area is 134 Å². The van der Waals surface area contributed by atoms with Crippen LogP contribution in [0.4, 0.5) is 0 Å². The second kappa shape index (κ2) is 6.22. The standard InChI is InChI=1S/C16H17Cl2NO2/c1-16(2,3)14-6-10(9-20)7-15(19-14)21-13-5-4-11(17)8-12(13)18/h4-8,20H,9H2,1-3H3. The summed E-state index contributed by atoms with van der Waals surface area (Å²) in [7, 11) is 0. The Morgan fingerprint density at radius 3 is 2.43 bits per heavy atom. The molecule has 2 rings (SSSR count). The molecule has 0 bridgehead atoms. The van der Waals surface area contributed by atoms with Crippen LogP contribution in [0.25, 0.3) is 0 Å². The fraction of sp³-hybridized carbons (Fsp3) is 0.312. The van der Waals surface area contributed by atoms with E-state index in [0.717, 1.165) is 11.3 Å². The van der Waals surface area contributed by atoms with Crippen molar-refractivity contribution in [2.24, 2.45) is 0 Å². The van der Waals surface area contributed by atoms with E-state index in [2.05, 4.69) is 25.8 Å². The van der Waals surface area contributed by atoms with Gasteiger partial charge in [-0.05, 0) is 29.8 Å². The molecule has 112 valence electrons. The van der Waals surface area contributed by atoms with Crippen LogP contribution in [-0.2, 0) is 12.0 Å². The second-order valence-corrected chi connectivity index (χ2v) is 6.63. The lowest BCUT2D eigenvalue weighted by molar-refractivity contribution is 0.280. The van der Waals surface area contributed by atoms with E-state index in [-0.39, 0.29) is 12.0 Å². The maximum Gasteiger partial charge on any atom is 0.219 e. The van der Waals surface area contributed by atoms with Gasteiger partial charge in [0.1, 0.15) is 5.75 Å². The van der Waals surface area contributed by atoms with Crippen molar-refractivity contribution in [3.05, 3.63) is 51.6 Å². The third-order valence-electron chi connectivity index (χ3n) is 2.92. The zero-order chi connectivity index (χ0) is 15.6. The lowest BCUT2D eigenvalue weighted by Gasteiger charge is -2.19. The number of hydrogen-bond donors (Lipinski definition) is 1. The van der Waals surface area contributed by atoms with Crippen LogP contribution in [0.5, 0.6) is 11.6 Å². The maximum atomic E-state index is 9.38. The Morgan fingerprint density at radius 2 is 1.86 bits per heavy atom. The molecule has 21 heavy (non-hydrogen) atoms. The topological polar surface area (TPSA) is 42.4 Å². The average Bonchev–Trinajstić information content (AvgIpc) is 2.40.